The van der Waals surface area contributed by atoms with Crippen LogP contribution in [0.15, 0.2) is 12.1 Å². The lowest BCUT2D eigenvalue weighted by Crippen LogP contribution is -2.07. The first-order valence-corrected chi connectivity index (χ1v) is 9.08. The molecule has 0 aliphatic rings. The Kier molecular flexibility index (Phi) is 6.60. The number of methoxy groups -OCH3 is 1. The van der Waals surface area contributed by atoms with Crippen LogP contribution in [0.1, 0.15) is 66.1 Å². The molecule has 1 heterocycles. The maximum atomic E-state index is 6.29. The highest BCUT2D eigenvalue weighted by Gasteiger charge is 2.18. The maximum Gasteiger partial charge on any atom is 0.225 e. The summed E-state index contributed by atoms with van der Waals surface area (Å²) in [4.78, 5) is 4.90. The van der Waals surface area contributed by atoms with Crippen LogP contribution in [0.2, 0.25) is 0 Å². The maximum absolute atomic E-state index is 6.29. The van der Waals surface area contributed by atoms with Gasteiger partial charge in [0, 0.05) is 18.6 Å². The molecule has 3 heteroatoms. The number of aromatic nitrogens is 1. The summed E-state index contributed by atoms with van der Waals surface area (Å²) in [6.07, 6.45) is 2.12. The number of nitrogens with zero attached hydrogens (tertiary/aromatic N) is 1. The molecular weight excluding hydrogens is 310 g/mol. The molecule has 0 unspecified atom stereocenters. The zero-order chi connectivity index (χ0) is 18.6. The fourth-order valence-electron chi connectivity index (χ4n) is 3.43. The summed E-state index contributed by atoms with van der Waals surface area (Å²) in [5, 5.41) is 0. The van der Waals surface area contributed by atoms with Crippen LogP contribution in [-0.4, -0.2) is 12.1 Å². The molecular formula is C22H30NO2. The molecule has 1 aromatic heterocycles. The van der Waals surface area contributed by atoms with E-state index in [1.807, 2.05) is 0 Å². The fourth-order valence-corrected chi connectivity index (χ4v) is 3.43. The van der Waals surface area contributed by atoms with Crippen molar-refractivity contribution >= 4 is 0 Å². The number of ether oxygens (including phenoxy) is 2. The van der Waals surface area contributed by atoms with Gasteiger partial charge in [-0.3, -0.25) is 0 Å². The highest BCUT2D eigenvalue weighted by molar-refractivity contribution is 5.46. The van der Waals surface area contributed by atoms with Gasteiger partial charge in [0.2, 0.25) is 5.88 Å². The van der Waals surface area contributed by atoms with E-state index in [0.717, 1.165) is 46.5 Å². The minimum Gasteiger partial charge on any atom is -0.438 e. The molecule has 0 spiro atoms. The third-order valence-electron chi connectivity index (χ3n) is 4.67. The number of benzene rings is 1. The highest BCUT2D eigenvalue weighted by Crippen LogP contribution is 2.34. The Balaban J connectivity index is 2.53. The molecule has 135 valence electrons. The topological polar surface area (TPSA) is 31.4 Å². The molecule has 0 saturated heterocycles. The largest absolute Gasteiger partial charge is 0.438 e. The van der Waals surface area contributed by atoms with Crippen molar-refractivity contribution in [2.75, 3.05) is 7.11 Å². The van der Waals surface area contributed by atoms with Crippen LogP contribution < -0.4 is 4.74 Å². The van der Waals surface area contributed by atoms with Crippen molar-refractivity contribution in [2.45, 2.75) is 66.9 Å². The van der Waals surface area contributed by atoms with Crippen LogP contribution in [0, 0.1) is 33.8 Å². The van der Waals surface area contributed by atoms with E-state index in [1.54, 1.807) is 7.11 Å². The van der Waals surface area contributed by atoms with E-state index < -0.39 is 0 Å². The van der Waals surface area contributed by atoms with Crippen LogP contribution in [-0.2, 0) is 11.3 Å². The van der Waals surface area contributed by atoms with Gasteiger partial charge in [0.05, 0.1) is 12.3 Å². The number of hydrogen-bond acceptors (Lipinski definition) is 3. The Morgan fingerprint density at radius 1 is 1.04 bits per heavy atom. The summed E-state index contributed by atoms with van der Waals surface area (Å²) in [7, 11) is 1.68. The van der Waals surface area contributed by atoms with E-state index in [-0.39, 0.29) is 0 Å². The number of rotatable bonds is 7. The zero-order valence-corrected chi connectivity index (χ0v) is 16.6. The van der Waals surface area contributed by atoms with Gasteiger partial charge in [-0.2, -0.15) is 0 Å². The number of aryl methyl sites for hydroxylation is 4. The van der Waals surface area contributed by atoms with E-state index in [2.05, 4.69) is 59.7 Å². The second kappa shape index (κ2) is 8.48. The molecule has 25 heavy (non-hydrogen) atoms. The van der Waals surface area contributed by atoms with Crippen LogP contribution in [0.3, 0.4) is 0 Å². The van der Waals surface area contributed by atoms with Gasteiger partial charge in [-0.05, 0) is 63.3 Å². The van der Waals surface area contributed by atoms with Crippen molar-refractivity contribution in [1.29, 1.82) is 0 Å². The van der Waals surface area contributed by atoms with Gasteiger partial charge in [0.25, 0.3) is 0 Å². The van der Waals surface area contributed by atoms with Crippen molar-refractivity contribution in [3.05, 3.63) is 51.7 Å². The first kappa shape index (κ1) is 19.5. The third kappa shape index (κ3) is 4.40. The SMILES string of the molecule is CCC(CC)c1nc(Oc2c(C)cc(C)cc2C)c(COC)[c]c1C. The first-order chi connectivity index (χ1) is 11.9. The van der Waals surface area contributed by atoms with E-state index in [1.165, 1.54) is 5.56 Å². The summed E-state index contributed by atoms with van der Waals surface area (Å²) in [6, 6.07) is 7.73. The molecule has 2 aromatic rings. The van der Waals surface area contributed by atoms with Gasteiger partial charge in [-0.25, -0.2) is 4.98 Å². The standard InChI is InChI=1S/C22H30NO2/c1-8-18(9-2)20-15(4)12-19(13-24-7)22(23-20)25-21-16(5)10-14(3)11-17(21)6/h10-11,18H,8-9,13H2,1-7H3. The van der Waals surface area contributed by atoms with Crippen molar-refractivity contribution in [1.82, 2.24) is 4.98 Å². The Hall–Kier alpha value is -1.87. The first-order valence-electron chi connectivity index (χ1n) is 9.08. The molecule has 0 aliphatic heterocycles. The molecule has 1 radical (unpaired) electrons. The summed E-state index contributed by atoms with van der Waals surface area (Å²) in [5.74, 6) is 1.92. The normalized spacial score (nSPS) is 11.2. The lowest BCUT2D eigenvalue weighted by molar-refractivity contribution is 0.181. The average molecular weight is 340 g/mol. The van der Waals surface area contributed by atoms with Crippen LogP contribution in [0.5, 0.6) is 11.6 Å². The van der Waals surface area contributed by atoms with Gasteiger partial charge < -0.3 is 9.47 Å². The number of pyridine rings is 1. The smallest absolute Gasteiger partial charge is 0.225 e. The Labute approximate surface area is 152 Å². The Bertz CT molecular complexity index is 710. The zero-order valence-electron chi connectivity index (χ0n) is 16.6. The Morgan fingerprint density at radius 3 is 2.16 bits per heavy atom. The van der Waals surface area contributed by atoms with E-state index in [9.17, 15) is 0 Å². The van der Waals surface area contributed by atoms with Gasteiger partial charge in [0.1, 0.15) is 5.75 Å². The molecule has 1 aromatic carbocycles. The lowest BCUT2D eigenvalue weighted by Gasteiger charge is -2.19. The molecule has 0 amide bonds. The van der Waals surface area contributed by atoms with Gasteiger partial charge in [-0.15, -0.1) is 0 Å². The van der Waals surface area contributed by atoms with Gasteiger partial charge >= 0.3 is 0 Å². The predicted octanol–water partition coefficient (Wildman–Crippen LogP) is 5.96. The molecule has 0 fully saturated rings. The van der Waals surface area contributed by atoms with E-state index in [4.69, 9.17) is 14.5 Å². The second-order valence-electron chi connectivity index (χ2n) is 6.81. The molecule has 2 rings (SSSR count). The molecule has 0 bridgehead atoms. The molecule has 0 atom stereocenters. The van der Waals surface area contributed by atoms with Crippen molar-refractivity contribution in [3.8, 4) is 11.6 Å². The van der Waals surface area contributed by atoms with Gasteiger partial charge in [-0.1, -0.05) is 31.5 Å². The summed E-state index contributed by atoms with van der Waals surface area (Å²) in [6.45, 7) is 13.2. The molecule has 0 N–H and O–H groups in total. The van der Waals surface area contributed by atoms with E-state index in [0.29, 0.717) is 18.4 Å². The van der Waals surface area contributed by atoms with Crippen molar-refractivity contribution in [3.63, 3.8) is 0 Å². The minimum atomic E-state index is 0.426. The number of hydrogen-bond donors (Lipinski definition) is 0. The van der Waals surface area contributed by atoms with Crippen molar-refractivity contribution < 1.29 is 9.47 Å². The summed E-state index contributed by atoms with van der Waals surface area (Å²) < 4.78 is 11.6. The monoisotopic (exact) mass is 340 g/mol. The van der Waals surface area contributed by atoms with E-state index >= 15 is 0 Å². The average Bonchev–Trinajstić information content (AvgIpc) is 2.55. The predicted molar refractivity (Wildman–Crippen MR) is 103 cm³/mol. The summed E-state index contributed by atoms with van der Waals surface area (Å²) >= 11 is 0. The van der Waals surface area contributed by atoms with Crippen LogP contribution >= 0.6 is 0 Å². The molecule has 0 saturated carbocycles. The van der Waals surface area contributed by atoms with Crippen LogP contribution in [0.25, 0.3) is 0 Å². The third-order valence-corrected chi connectivity index (χ3v) is 4.67. The van der Waals surface area contributed by atoms with Gasteiger partial charge in [0.15, 0.2) is 0 Å². The Morgan fingerprint density at radius 2 is 1.64 bits per heavy atom. The molecule has 0 aliphatic carbocycles. The second-order valence-corrected chi connectivity index (χ2v) is 6.81. The van der Waals surface area contributed by atoms with Crippen molar-refractivity contribution in [2.24, 2.45) is 0 Å². The lowest BCUT2D eigenvalue weighted by atomic mass is 9.95. The fraction of sp³-hybridized carbons (Fsp3) is 0.500. The summed E-state index contributed by atoms with van der Waals surface area (Å²) in [5.41, 5.74) is 6.52. The van der Waals surface area contributed by atoms with Crippen LogP contribution in [0.4, 0.5) is 0 Å². The highest BCUT2D eigenvalue weighted by atomic mass is 16.5. The quantitative estimate of drug-likeness (QED) is 0.623. The molecule has 3 nitrogen and oxygen atoms in total. The minimum absolute atomic E-state index is 0.426.